The Morgan fingerprint density at radius 2 is 2.24 bits per heavy atom. The lowest BCUT2D eigenvalue weighted by atomic mass is 9.99. The minimum Gasteiger partial charge on any atom is -0.364 e. The zero-order valence-electron chi connectivity index (χ0n) is 10.6. The van der Waals surface area contributed by atoms with Gasteiger partial charge in [-0.1, -0.05) is 6.92 Å². The molecule has 2 heterocycles. The summed E-state index contributed by atoms with van der Waals surface area (Å²) < 4.78 is 1.80. The monoisotopic (exact) mass is 233 g/mol. The topological polar surface area (TPSA) is 68.2 Å². The predicted molar refractivity (Wildman–Crippen MR) is 69.1 cm³/mol. The van der Waals surface area contributed by atoms with Crippen molar-refractivity contribution < 1.29 is 0 Å². The van der Waals surface area contributed by atoms with Crippen molar-refractivity contribution in [2.24, 2.45) is 5.73 Å². The number of nitrogens with one attached hydrogen (secondary N) is 1. The Morgan fingerprint density at radius 1 is 1.47 bits per heavy atom. The Hall–Kier alpha value is -1.62. The average molecular weight is 233 g/mol. The van der Waals surface area contributed by atoms with Gasteiger partial charge in [-0.3, -0.25) is 0 Å². The number of hydrogen-bond acceptors (Lipinski definition) is 4. The standard InChI is InChI=1S/C12H19N5/c1-4-12(3,7-13)16-11-6-9(2)5-10-14-8-15-17(10)11/h5-6,8,16H,4,7,13H2,1-3H3. The molecule has 2 rings (SSSR count). The first-order valence-corrected chi connectivity index (χ1v) is 5.86. The molecule has 0 bridgehead atoms. The molecule has 5 heteroatoms. The molecular weight excluding hydrogens is 214 g/mol. The van der Waals surface area contributed by atoms with Crippen LogP contribution in [0.2, 0.25) is 0 Å². The Kier molecular flexibility index (Phi) is 3.02. The van der Waals surface area contributed by atoms with Gasteiger partial charge in [0.25, 0.3) is 0 Å². The van der Waals surface area contributed by atoms with Gasteiger partial charge < -0.3 is 11.1 Å². The van der Waals surface area contributed by atoms with Crippen LogP contribution >= 0.6 is 0 Å². The average Bonchev–Trinajstić information content (AvgIpc) is 2.77. The maximum atomic E-state index is 5.82. The van der Waals surface area contributed by atoms with E-state index >= 15 is 0 Å². The summed E-state index contributed by atoms with van der Waals surface area (Å²) in [5.74, 6) is 0.937. The van der Waals surface area contributed by atoms with E-state index in [0.717, 1.165) is 23.4 Å². The summed E-state index contributed by atoms with van der Waals surface area (Å²) >= 11 is 0. The van der Waals surface area contributed by atoms with E-state index in [4.69, 9.17) is 5.73 Å². The van der Waals surface area contributed by atoms with E-state index in [1.807, 2.05) is 13.0 Å². The third-order valence-corrected chi connectivity index (χ3v) is 3.18. The van der Waals surface area contributed by atoms with Crippen molar-refractivity contribution in [3.05, 3.63) is 24.0 Å². The summed E-state index contributed by atoms with van der Waals surface area (Å²) in [6.07, 6.45) is 2.51. The fourth-order valence-corrected chi connectivity index (χ4v) is 1.74. The van der Waals surface area contributed by atoms with Crippen LogP contribution in [0.5, 0.6) is 0 Å². The van der Waals surface area contributed by atoms with Crippen molar-refractivity contribution in [1.82, 2.24) is 14.6 Å². The first-order chi connectivity index (χ1) is 8.08. The van der Waals surface area contributed by atoms with Crippen molar-refractivity contribution in [2.75, 3.05) is 11.9 Å². The van der Waals surface area contributed by atoms with Crippen LogP contribution in [0.3, 0.4) is 0 Å². The number of aromatic nitrogens is 3. The summed E-state index contributed by atoms with van der Waals surface area (Å²) in [6, 6.07) is 4.06. The molecule has 0 radical (unpaired) electrons. The van der Waals surface area contributed by atoms with E-state index in [2.05, 4.69) is 35.3 Å². The second-order valence-corrected chi connectivity index (χ2v) is 4.69. The second kappa shape index (κ2) is 4.33. The smallest absolute Gasteiger partial charge is 0.157 e. The Morgan fingerprint density at radius 3 is 2.88 bits per heavy atom. The van der Waals surface area contributed by atoms with Gasteiger partial charge in [0.2, 0.25) is 0 Å². The van der Waals surface area contributed by atoms with Crippen LogP contribution in [-0.2, 0) is 0 Å². The molecule has 3 N–H and O–H groups in total. The summed E-state index contributed by atoms with van der Waals surface area (Å²) in [6.45, 7) is 6.85. The van der Waals surface area contributed by atoms with Crippen LogP contribution in [0.1, 0.15) is 25.8 Å². The van der Waals surface area contributed by atoms with Crippen LogP contribution in [0.15, 0.2) is 18.5 Å². The predicted octanol–water partition coefficient (Wildman–Crippen LogP) is 1.58. The van der Waals surface area contributed by atoms with E-state index in [1.165, 1.54) is 0 Å². The SMILES string of the molecule is CCC(C)(CN)Nc1cc(C)cc2ncnn12. The van der Waals surface area contributed by atoms with Gasteiger partial charge in [-0.15, -0.1) is 0 Å². The number of hydrogen-bond donors (Lipinski definition) is 2. The minimum absolute atomic E-state index is 0.118. The molecular formula is C12H19N5. The number of nitrogens with two attached hydrogens (primary N) is 1. The van der Waals surface area contributed by atoms with Gasteiger partial charge >= 0.3 is 0 Å². The maximum absolute atomic E-state index is 5.82. The molecule has 0 amide bonds. The number of pyridine rings is 1. The van der Waals surface area contributed by atoms with E-state index < -0.39 is 0 Å². The van der Waals surface area contributed by atoms with Crippen molar-refractivity contribution >= 4 is 11.5 Å². The molecule has 2 aromatic rings. The first-order valence-electron chi connectivity index (χ1n) is 5.86. The number of anilines is 1. The highest BCUT2D eigenvalue weighted by molar-refractivity contribution is 5.52. The van der Waals surface area contributed by atoms with Crippen molar-refractivity contribution in [2.45, 2.75) is 32.7 Å². The minimum atomic E-state index is -0.118. The summed E-state index contributed by atoms with van der Waals surface area (Å²) in [7, 11) is 0. The maximum Gasteiger partial charge on any atom is 0.157 e. The Labute approximate surface area is 101 Å². The summed E-state index contributed by atoms with van der Waals surface area (Å²) in [5, 5.41) is 7.67. The highest BCUT2D eigenvalue weighted by Gasteiger charge is 2.21. The largest absolute Gasteiger partial charge is 0.364 e. The van der Waals surface area contributed by atoms with Gasteiger partial charge in [0.05, 0.1) is 0 Å². The third kappa shape index (κ3) is 2.24. The number of rotatable bonds is 4. The van der Waals surface area contributed by atoms with Gasteiger partial charge in [0.15, 0.2) is 5.65 Å². The van der Waals surface area contributed by atoms with Crippen LogP contribution < -0.4 is 11.1 Å². The van der Waals surface area contributed by atoms with Crippen molar-refractivity contribution in [3.8, 4) is 0 Å². The zero-order chi connectivity index (χ0) is 12.5. The fraction of sp³-hybridized carbons (Fsp3) is 0.500. The van der Waals surface area contributed by atoms with Gasteiger partial charge in [0, 0.05) is 12.1 Å². The molecule has 0 aliphatic rings. The molecule has 0 spiro atoms. The molecule has 0 aromatic carbocycles. The van der Waals surface area contributed by atoms with Crippen LogP contribution in [-0.4, -0.2) is 26.7 Å². The molecule has 1 atom stereocenters. The molecule has 0 saturated carbocycles. The van der Waals surface area contributed by atoms with Crippen LogP contribution in [0, 0.1) is 6.92 Å². The van der Waals surface area contributed by atoms with Crippen LogP contribution in [0.4, 0.5) is 5.82 Å². The lowest BCUT2D eigenvalue weighted by molar-refractivity contribution is 0.502. The molecule has 0 saturated heterocycles. The Bertz CT molecular complexity index is 513. The van der Waals surface area contributed by atoms with Crippen molar-refractivity contribution in [1.29, 1.82) is 0 Å². The normalized spacial score (nSPS) is 14.8. The van der Waals surface area contributed by atoms with Crippen molar-refractivity contribution in [3.63, 3.8) is 0 Å². The fourth-order valence-electron chi connectivity index (χ4n) is 1.74. The third-order valence-electron chi connectivity index (χ3n) is 3.18. The first kappa shape index (κ1) is 11.9. The van der Waals surface area contributed by atoms with E-state index in [-0.39, 0.29) is 5.54 Å². The number of fused-ring (bicyclic) bond motifs is 1. The molecule has 17 heavy (non-hydrogen) atoms. The highest BCUT2D eigenvalue weighted by Crippen LogP contribution is 2.19. The van der Waals surface area contributed by atoms with E-state index in [9.17, 15) is 0 Å². The van der Waals surface area contributed by atoms with Gasteiger partial charge in [-0.25, -0.2) is 4.98 Å². The van der Waals surface area contributed by atoms with Crippen LogP contribution in [0.25, 0.3) is 5.65 Å². The Balaban J connectivity index is 2.44. The molecule has 1 unspecified atom stereocenters. The van der Waals surface area contributed by atoms with E-state index in [1.54, 1.807) is 10.8 Å². The second-order valence-electron chi connectivity index (χ2n) is 4.69. The summed E-state index contributed by atoms with van der Waals surface area (Å²) in [5.41, 5.74) is 7.70. The lowest BCUT2D eigenvalue weighted by Crippen LogP contribution is -2.42. The van der Waals surface area contributed by atoms with Gasteiger partial charge in [-0.05, 0) is 38.0 Å². The highest BCUT2D eigenvalue weighted by atomic mass is 15.3. The molecule has 2 aromatic heterocycles. The quantitative estimate of drug-likeness (QED) is 0.841. The molecule has 0 aliphatic heterocycles. The number of aryl methyl sites for hydroxylation is 1. The lowest BCUT2D eigenvalue weighted by Gasteiger charge is -2.29. The zero-order valence-corrected chi connectivity index (χ0v) is 10.6. The molecule has 5 nitrogen and oxygen atoms in total. The molecule has 0 aliphatic carbocycles. The number of nitrogens with zero attached hydrogens (tertiary/aromatic N) is 3. The molecule has 92 valence electrons. The van der Waals surface area contributed by atoms with Gasteiger partial charge in [-0.2, -0.15) is 9.61 Å². The summed E-state index contributed by atoms with van der Waals surface area (Å²) in [4.78, 5) is 4.20. The van der Waals surface area contributed by atoms with E-state index in [0.29, 0.717) is 6.54 Å². The molecule has 0 fully saturated rings. The van der Waals surface area contributed by atoms with Gasteiger partial charge in [0.1, 0.15) is 12.1 Å².